The van der Waals surface area contributed by atoms with E-state index in [1.165, 1.54) is 0 Å². The maximum Gasteiger partial charge on any atom is 0.221 e. The van der Waals surface area contributed by atoms with Gasteiger partial charge >= 0.3 is 0 Å². The zero-order valence-corrected chi connectivity index (χ0v) is 17.2. The van der Waals surface area contributed by atoms with Crippen LogP contribution in [0.15, 0.2) is 54.9 Å². The highest BCUT2D eigenvalue weighted by atomic mass is 35.5. The van der Waals surface area contributed by atoms with Crippen LogP contribution < -0.4 is 10.1 Å². The Kier molecular flexibility index (Phi) is 6.60. The first-order valence-electron chi connectivity index (χ1n) is 8.83. The van der Waals surface area contributed by atoms with Crippen molar-refractivity contribution in [1.29, 1.82) is 0 Å². The highest BCUT2D eigenvalue weighted by Crippen LogP contribution is 2.29. The molecule has 1 N–H and O–H groups in total. The minimum Gasteiger partial charge on any atom is -0.496 e. The third-order valence-electron chi connectivity index (χ3n) is 4.51. The number of ether oxygens (including phenoxy) is 1. The van der Waals surface area contributed by atoms with Gasteiger partial charge in [0.1, 0.15) is 17.6 Å². The molecule has 0 saturated heterocycles. The number of methoxy groups -OCH3 is 1. The van der Waals surface area contributed by atoms with Crippen LogP contribution in [0.25, 0.3) is 0 Å². The number of rotatable bonds is 7. The fraction of sp³-hybridized carbons (Fsp3) is 0.238. The molecule has 0 spiro atoms. The van der Waals surface area contributed by atoms with Crippen LogP contribution in [0.1, 0.15) is 29.4 Å². The van der Waals surface area contributed by atoms with Crippen molar-refractivity contribution >= 4 is 29.1 Å². The van der Waals surface area contributed by atoms with Crippen molar-refractivity contribution in [2.75, 3.05) is 7.11 Å². The molecule has 0 saturated carbocycles. The molecule has 1 amide bonds. The predicted molar refractivity (Wildman–Crippen MR) is 111 cm³/mol. The summed E-state index contributed by atoms with van der Waals surface area (Å²) in [6, 6.07) is 12.5. The van der Waals surface area contributed by atoms with Gasteiger partial charge in [-0.15, -0.1) is 0 Å². The number of amides is 1. The number of carbonyl (C=O) groups excluding carboxylic acids is 1. The molecule has 5 nitrogen and oxygen atoms in total. The summed E-state index contributed by atoms with van der Waals surface area (Å²) in [7, 11) is 3.50. The molecule has 0 bridgehead atoms. The second-order valence-electron chi connectivity index (χ2n) is 6.37. The van der Waals surface area contributed by atoms with Crippen molar-refractivity contribution in [1.82, 2.24) is 14.9 Å². The maximum atomic E-state index is 12.7. The molecular formula is C21H21Cl2N3O2. The summed E-state index contributed by atoms with van der Waals surface area (Å²) in [6.07, 6.45) is 4.35. The van der Waals surface area contributed by atoms with E-state index in [9.17, 15) is 4.79 Å². The molecule has 0 unspecified atom stereocenters. The molecule has 0 aliphatic rings. The molecule has 1 heterocycles. The van der Waals surface area contributed by atoms with Crippen molar-refractivity contribution in [3.05, 3.63) is 81.9 Å². The standard InChI is InChI=1S/C21H21Cl2N3O2/c1-26-12-11-24-21(26)20(16-5-3-4-6-18(16)28-2)25-19(27)10-8-14-7-9-15(22)13-17(14)23/h3-7,9,11-13,20H,8,10H2,1-2H3,(H,25,27)/t20-/m1/s1. The van der Waals surface area contributed by atoms with Crippen molar-refractivity contribution in [2.24, 2.45) is 7.05 Å². The molecule has 3 aromatic rings. The van der Waals surface area contributed by atoms with Crippen LogP contribution in [-0.4, -0.2) is 22.6 Å². The van der Waals surface area contributed by atoms with Gasteiger partial charge in [0.25, 0.3) is 0 Å². The second kappa shape index (κ2) is 9.13. The molecule has 0 radical (unpaired) electrons. The Hall–Kier alpha value is -2.50. The number of para-hydroxylation sites is 1. The van der Waals surface area contributed by atoms with Gasteiger partial charge in [-0.25, -0.2) is 4.98 Å². The number of hydrogen-bond acceptors (Lipinski definition) is 3. The number of halogens is 2. The summed E-state index contributed by atoms with van der Waals surface area (Å²) in [4.78, 5) is 17.1. The van der Waals surface area contributed by atoms with Crippen molar-refractivity contribution in [3.63, 3.8) is 0 Å². The monoisotopic (exact) mass is 417 g/mol. The Balaban J connectivity index is 1.80. The molecule has 2 aromatic carbocycles. The zero-order valence-electron chi connectivity index (χ0n) is 15.7. The Bertz CT molecular complexity index is 972. The molecule has 7 heteroatoms. The lowest BCUT2D eigenvalue weighted by Crippen LogP contribution is -2.31. The number of aromatic nitrogens is 2. The number of imidazole rings is 1. The average molecular weight is 418 g/mol. The van der Waals surface area contributed by atoms with E-state index < -0.39 is 6.04 Å². The van der Waals surface area contributed by atoms with Gasteiger partial charge in [0.05, 0.1) is 7.11 Å². The minimum atomic E-state index is -0.427. The molecule has 28 heavy (non-hydrogen) atoms. The van der Waals surface area contributed by atoms with E-state index in [2.05, 4.69) is 10.3 Å². The lowest BCUT2D eigenvalue weighted by molar-refractivity contribution is -0.121. The Labute approximate surface area is 174 Å². The summed E-state index contributed by atoms with van der Waals surface area (Å²) in [6.45, 7) is 0. The van der Waals surface area contributed by atoms with Crippen LogP contribution in [0.5, 0.6) is 5.75 Å². The van der Waals surface area contributed by atoms with Gasteiger partial charge in [-0.1, -0.05) is 47.5 Å². The number of nitrogens with zero attached hydrogens (tertiary/aromatic N) is 2. The normalized spacial score (nSPS) is 11.9. The van der Waals surface area contributed by atoms with Gasteiger partial charge < -0.3 is 14.6 Å². The maximum absolute atomic E-state index is 12.7. The minimum absolute atomic E-state index is 0.107. The fourth-order valence-electron chi connectivity index (χ4n) is 3.05. The predicted octanol–water partition coefficient (Wildman–Crippen LogP) is 4.57. The molecule has 1 aromatic heterocycles. The lowest BCUT2D eigenvalue weighted by atomic mass is 10.0. The Morgan fingerprint density at radius 3 is 2.71 bits per heavy atom. The van der Waals surface area contributed by atoms with E-state index in [1.807, 2.05) is 48.1 Å². The highest BCUT2D eigenvalue weighted by Gasteiger charge is 2.23. The van der Waals surface area contributed by atoms with Gasteiger partial charge in [0.15, 0.2) is 0 Å². The molecular weight excluding hydrogens is 397 g/mol. The van der Waals surface area contributed by atoms with E-state index in [-0.39, 0.29) is 12.3 Å². The molecule has 0 aliphatic carbocycles. The number of aryl methyl sites for hydroxylation is 2. The van der Waals surface area contributed by atoms with E-state index in [0.29, 0.717) is 22.2 Å². The van der Waals surface area contributed by atoms with Gasteiger partial charge in [0, 0.05) is 41.5 Å². The van der Waals surface area contributed by atoms with Crippen LogP contribution in [0, 0.1) is 0 Å². The summed E-state index contributed by atoms with van der Waals surface area (Å²) >= 11 is 12.1. The van der Waals surface area contributed by atoms with E-state index in [4.69, 9.17) is 27.9 Å². The van der Waals surface area contributed by atoms with Crippen LogP contribution in [0.2, 0.25) is 10.0 Å². The summed E-state index contributed by atoms with van der Waals surface area (Å²) < 4.78 is 7.37. The summed E-state index contributed by atoms with van der Waals surface area (Å²) in [5.41, 5.74) is 1.73. The third-order valence-corrected chi connectivity index (χ3v) is 5.10. The van der Waals surface area contributed by atoms with Crippen LogP contribution in [-0.2, 0) is 18.3 Å². The Morgan fingerprint density at radius 2 is 2.04 bits per heavy atom. The van der Waals surface area contributed by atoms with Gasteiger partial charge in [-0.2, -0.15) is 0 Å². The first-order valence-corrected chi connectivity index (χ1v) is 9.58. The first-order chi connectivity index (χ1) is 13.5. The number of nitrogens with one attached hydrogen (secondary N) is 1. The molecule has 0 fully saturated rings. The molecule has 1 atom stereocenters. The fourth-order valence-corrected chi connectivity index (χ4v) is 3.55. The lowest BCUT2D eigenvalue weighted by Gasteiger charge is -2.21. The molecule has 3 rings (SSSR count). The van der Waals surface area contributed by atoms with E-state index >= 15 is 0 Å². The second-order valence-corrected chi connectivity index (χ2v) is 7.22. The van der Waals surface area contributed by atoms with Gasteiger partial charge in [-0.3, -0.25) is 4.79 Å². The van der Waals surface area contributed by atoms with Crippen molar-refractivity contribution in [2.45, 2.75) is 18.9 Å². The van der Waals surface area contributed by atoms with E-state index in [1.54, 1.807) is 25.4 Å². The van der Waals surface area contributed by atoms with Crippen molar-refractivity contribution < 1.29 is 9.53 Å². The SMILES string of the molecule is COc1ccccc1[C@@H](NC(=O)CCc1ccc(Cl)cc1Cl)c1nccn1C. The molecule has 0 aliphatic heterocycles. The largest absolute Gasteiger partial charge is 0.496 e. The quantitative estimate of drug-likeness (QED) is 0.612. The highest BCUT2D eigenvalue weighted by molar-refractivity contribution is 6.35. The van der Waals surface area contributed by atoms with Gasteiger partial charge in [0.2, 0.25) is 5.91 Å². The summed E-state index contributed by atoms with van der Waals surface area (Å²) in [5, 5.41) is 4.22. The third kappa shape index (κ3) is 4.66. The van der Waals surface area contributed by atoms with Crippen LogP contribution in [0.4, 0.5) is 0 Å². The van der Waals surface area contributed by atoms with E-state index in [0.717, 1.165) is 17.0 Å². The topological polar surface area (TPSA) is 56.1 Å². The smallest absolute Gasteiger partial charge is 0.221 e. The van der Waals surface area contributed by atoms with Gasteiger partial charge in [-0.05, 0) is 30.2 Å². The van der Waals surface area contributed by atoms with Crippen molar-refractivity contribution in [3.8, 4) is 5.75 Å². The summed E-state index contributed by atoms with van der Waals surface area (Å²) in [5.74, 6) is 1.31. The van der Waals surface area contributed by atoms with Crippen LogP contribution in [0.3, 0.4) is 0 Å². The number of benzene rings is 2. The number of hydrogen-bond donors (Lipinski definition) is 1. The molecule has 146 valence electrons. The number of carbonyl (C=O) groups is 1. The first kappa shape index (κ1) is 20.2. The average Bonchev–Trinajstić information content (AvgIpc) is 3.11. The Morgan fingerprint density at radius 1 is 1.25 bits per heavy atom. The van der Waals surface area contributed by atoms with Crippen LogP contribution >= 0.6 is 23.2 Å². The zero-order chi connectivity index (χ0) is 20.1.